The van der Waals surface area contributed by atoms with E-state index in [9.17, 15) is 9.59 Å². The Morgan fingerprint density at radius 2 is 1.55 bits per heavy atom. The van der Waals surface area contributed by atoms with Gasteiger partial charge in [-0.25, -0.2) is 0 Å². The van der Waals surface area contributed by atoms with E-state index in [1.165, 1.54) is 31.0 Å². The van der Waals surface area contributed by atoms with Crippen molar-refractivity contribution < 1.29 is 9.59 Å². The molecule has 4 bridgehead atoms. The molecule has 0 aliphatic heterocycles. The molecule has 4 fully saturated rings. The minimum Gasteiger partial charge on any atom is -0.350 e. The van der Waals surface area contributed by atoms with Crippen LogP contribution in [0.15, 0.2) is 57.9 Å². The van der Waals surface area contributed by atoms with Gasteiger partial charge in [0.1, 0.15) is 0 Å². The lowest BCUT2D eigenvalue weighted by molar-refractivity contribution is -0.124. The average Bonchev–Trinajstić information content (AvgIpc) is 2.73. The van der Waals surface area contributed by atoms with Gasteiger partial charge in [-0.15, -0.1) is 11.8 Å². The maximum absolute atomic E-state index is 12.9. The van der Waals surface area contributed by atoms with E-state index in [0.717, 1.165) is 52.1 Å². The van der Waals surface area contributed by atoms with E-state index in [1.807, 2.05) is 48.5 Å². The van der Waals surface area contributed by atoms with Gasteiger partial charge in [-0.2, -0.15) is 0 Å². The van der Waals surface area contributed by atoms with Gasteiger partial charge < -0.3 is 10.6 Å². The molecule has 4 nitrogen and oxygen atoms in total. The maximum Gasteiger partial charge on any atom is 0.256 e. The van der Waals surface area contributed by atoms with Crippen molar-refractivity contribution in [3.8, 4) is 0 Å². The second kappa shape index (κ2) is 8.62. The highest BCUT2D eigenvalue weighted by Gasteiger charge is 2.51. The summed E-state index contributed by atoms with van der Waals surface area (Å²) >= 11 is 4.85. The van der Waals surface area contributed by atoms with Crippen molar-refractivity contribution in [3.05, 3.63) is 58.6 Å². The van der Waals surface area contributed by atoms with Crippen LogP contribution in [0.5, 0.6) is 0 Å². The Balaban J connectivity index is 1.21. The molecule has 0 radical (unpaired) electrons. The Kier molecular flexibility index (Phi) is 5.86. The largest absolute Gasteiger partial charge is 0.350 e. The predicted octanol–water partition coefficient (Wildman–Crippen LogP) is 5.88. The number of halogens is 1. The molecule has 0 atom stereocenters. The average molecular weight is 499 g/mol. The Hall–Kier alpha value is -1.79. The molecule has 0 saturated heterocycles. The number of carbonyl (C=O) groups is 2. The van der Waals surface area contributed by atoms with Crippen LogP contribution in [0.2, 0.25) is 0 Å². The standard InChI is InChI=1S/C25H27BrN2O2S/c26-19-5-7-20(8-6-19)27-24(30)21-3-1-2-4-22(21)31-15-23(29)28-25-12-16-9-17(13-25)11-18(10-16)14-25/h1-8,16-18H,9-15H2,(H,27,30)(H,28,29). The number of hydrogen-bond acceptors (Lipinski definition) is 3. The fourth-order valence-electron chi connectivity index (χ4n) is 6.25. The van der Waals surface area contributed by atoms with Crippen molar-refractivity contribution >= 4 is 45.2 Å². The second-order valence-electron chi connectivity index (χ2n) is 9.49. The monoisotopic (exact) mass is 498 g/mol. The minimum atomic E-state index is -0.160. The van der Waals surface area contributed by atoms with Crippen LogP contribution in [-0.4, -0.2) is 23.1 Å². The van der Waals surface area contributed by atoms with Gasteiger partial charge in [-0.3, -0.25) is 9.59 Å². The van der Waals surface area contributed by atoms with Crippen LogP contribution in [0, 0.1) is 17.8 Å². The van der Waals surface area contributed by atoms with Crippen molar-refractivity contribution in [2.45, 2.75) is 49.0 Å². The summed E-state index contributed by atoms with van der Waals surface area (Å²) in [5, 5.41) is 6.37. The Morgan fingerprint density at radius 1 is 0.935 bits per heavy atom. The summed E-state index contributed by atoms with van der Waals surface area (Å²) in [5.41, 5.74) is 1.37. The van der Waals surface area contributed by atoms with Gasteiger partial charge in [-0.1, -0.05) is 28.1 Å². The summed E-state index contributed by atoms with van der Waals surface area (Å²) in [5.74, 6) is 2.69. The van der Waals surface area contributed by atoms with E-state index in [-0.39, 0.29) is 17.4 Å². The van der Waals surface area contributed by atoms with Gasteiger partial charge in [0.15, 0.2) is 0 Å². The molecular formula is C25H27BrN2O2S. The highest BCUT2D eigenvalue weighted by molar-refractivity contribution is 9.10. The molecule has 4 saturated carbocycles. The highest BCUT2D eigenvalue weighted by Crippen LogP contribution is 2.55. The quantitative estimate of drug-likeness (QED) is 0.489. The summed E-state index contributed by atoms with van der Waals surface area (Å²) in [4.78, 5) is 26.5. The zero-order valence-corrected chi connectivity index (χ0v) is 19.8. The first kappa shape index (κ1) is 21.1. The molecule has 6 heteroatoms. The molecule has 4 aliphatic rings. The minimum absolute atomic E-state index is 0.0326. The SMILES string of the molecule is O=C(CSc1ccccc1C(=O)Nc1ccc(Br)cc1)NC12CC3CC(CC(C3)C1)C2. The first-order chi connectivity index (χ1) is 15.0. The molecular weight excluding hydrogens is 472 g/mol. The molecule has 0 heterocycles. The topological polar surface area (TPSA) is 58.2 Å². The first-order valence-corrected chi connectivity index (χ1v) is 12.9. The lowest BCUT2D eigenvalue weighted by Crippen LogP contribution is -2.60. The van der Waals surface area contributed by atoms with E-state index in [0.29, 0.717) is 11.3 Å². The zero-order chi connectivity index (χ0) is 21.4. The van der Waals surface area contributed by atoms with E-state index in [2.05, 4.69) is 26.6 Å². The number of benzene rings is 2. The molecule has 4 aliphatic carbocycles. The molecule has 2 amide bonds. The van der Waals surface area contributed by atoms with Crippen LogP contribution in [-0.2, 0) is 4.79 Å². The van der Waals surface area contributed by atoms with Crippen molar-refractivity contribution in [1.29, 1.82) is 0 Å². The lowest BCUT2D eigenvalue weighted by Gasteiger charge is -2.56. The van der Waals surface area contributed by atoms with Gasteiger partial charge in [0.05, 0.1) is 11.3 Å². The number of carbonyl (C=O) groups excluding carboxylic acids is 2. The predicted molar refractivity (Wildman–Crippen MR) is 128 cm³/mol. The van der Waals surface area contributed by atoms with E-state index < -0.39 is 0 Å². The van der Waals surface area contributed by atoms with Crippen molar-refractivity contribution in [2.75, 3.05) is 11.1 Å². The van der Waals surface area contributed by atoms with Crippen LogP contribution >= 0.6 is 27.7 Å². The van der Waals surface area contributed by atoms with Gasteiger partial charge in [0.2, 0.25) is 5.91 Å². The van der Waals surface area contributed by atoms with Crippen LogP contribution < -0.4 is 10.6 Å². The number of amides is 2. The van der Waals surface area contributed by atoms with Gasteiger partial charge in [0, 0.05) is 20.6 Å². The fraction of sp³-hybridized carbons (Fsp3) is 0.440. The third-order valence-electron chi connectivity index (χ3n) is 7.04. The van der Waals surface area contributed by atoms with Crippen LogP contribution in [0.25, 0.3) is 0 Å². The van der Waals surface area contributed by atoms with Gasteiger partial charge in [-0.05, 0) is 92.7 Å². The molecule has 2 N–H and O–H groups in total. The van der Waals surface area contributed by atoms with Gasteiger partial charge >= 0.3 is 0 Å². The van der Waals surface area contributed by atoms with Crippen molar-refractivity contribution in [2.24, 2.45) is 17.8 Å². The molecule has 2 aromatic rings. The Labute approximate surface area is 196 Å². The zero-order valence-electron chi connectivity index (χ0n) is 17.4. The third kappa shape index (κ3) is 4.70. The summed E-state index contributed by atoms with van der Waals surface area (Å²) in [7, 11) is 0. The molecule has 0 aromatic heterocycles. The number of rotatable bonds is 6. The number of hydrogen-bond donors (Lipinski definition) is 2. The fourth-order valence-corrected chi connectivity index (χ4v) is 7.36. The molecule has 0 unspecified atom stereocenters. The van der Waals surface area contributed by atoms with E-state index >= 15 is 0 Å². The first-order valence-electron chi connectivity index (χ1n) is 11.1. The third-order valence-corrected chi connectivity index (χ3v) is 8.64. The number of thioether (sulfide) groups is 1. The van der Waals surface area contributed by atoms with Crippen molar-refractivity contribution in [1.82, 2.24) is 5.32 Å². The Morgan fingerprint density at radius 3 is 2.19 bits per heavy atom. The summed E-state index contributed by atoms with van der Waals surface area (Å²) < 4.78 is 0.964. The van der Waals surface area contributed by atoms with Crippen LogP contribution in [0.1, 0.15) is 48.9 Å². The number of anilines is 1. The number of nitrogens with one attached hydrogen (secondary N) is 2. The van der Waals surface area contributed by atoms with E-state index in [1.54, 1.807) is 0 Å². The smallest absolute Gasteiger partial charge is 0.256 e. The second-order valence-corrected chi connectivity index (χ2v) is 11.4. The molecule has 0 spiro atoms. The molecule has 6 rings (SSSR count). The molecule has 2 aromatic carbocycles. The van der Waals surface area contributed by atoms with Crippen LogP contribution in [0.3, 0.4) is 0 Å². The summed E-state index contributed by atoms with van der Waals surface area (Å²) in [6.07, 6.45) is 7.56. The van der Waals surface area contributed by atoms with Crippen molar-refractivity contribution in [3.63, 3.8) is 0 Å². The van der Waals surface area contributed by atoms with E-state index in [4.69, 9.17) is 0 Å². The lowest BCUT2D eigenvalue weighted by atomic mass is 9.53. The summed E-state index contributed by atoms with van der Waals surface area (Å²) in [6, 6.07) is 15.0. The highest BCUT2D eigenvalue weighted by atomic mass is 79.9. The normalized spacial score (nSPS) is 28.4. The van der Waals surface area contributed by atoms with Crippen LogP contribution in [0.4, 0.5) is 5.69 Å². The Bertz CT molecular complexity index is 956. The molecule has 31 heavy (non-hydrogen) atoms. The van der Waals surface area contributed by atoms with Gasteiger partial charge in [0.25, 0.3) is 5.91 Å². The maximum atomic E-state index is 12.9. The summed E-state index contributed by atoms with van der Waals surface area (Å²) in [6.45, 7) is 0. The molecule has 162 valence electrons.